The van der Waals surface area contributed by atoms with Crippen LogP contribution in [0.3, 0.4) is 0 Å². The summed E-state index contributed by atoms with van der Waals surface area (Å²) in [5, 5.41) is 0. The maximum atomic E-state index is 10.7. The standard InChI is InChI=1S/C12H18O2/c1-9-6-4-5-7-12(9)8-10(2)14-11(3)13/h4,6,9,12H,2,5,7-8H2,1,3H3/t9-,12+/m0/s1. The summed E-state index contributed by atoms with van der Waals surface area (Å²) < 4.78 is 4.94. The summed E-state index contributed by atoms with van der Waals surface area (Å²) in [6.07, 6.45) is 7.54. The zero-order valence-electron chi connectivity index (χ0n) is 8.95. The van der Waals surface area contributed by atoms with E-state index in [0.29, 0.717) is 17.6 Å². The van der Waals surface area contributed by atoms with Crippen LogP contribution in [0.1, 0.15) is 33.1 Å². The quantitative estimate of drug-likeness (QED) is 0.392. The normalized spacial score (nSPS) is 25.9. The van der Waals surface area contributed by atoms with Crippen LogP contribution in [0.2, 0.25) is 0 Å². The molecular weight excluding hydrogens is 176 g/mol. The minimum atomic E-state index is -0.269. The van der Waals surface area contributed by atoms with Crippen molar-refractivity contribution in [2.45, 2.75) is 33.1 Å². The van der Waals surface area contributed by atoms with Crippen molar-refractivity contribution in [1.82, 2.24) is 0 Å². The minimum absolute atomic E-state index is 0.269. The summed E-state index contributed by atoms with van der Waals surface area (Å²) in [5.74, 6) is 1.47. The molecule has 14 heavy (non-hydrogen) atoms. The highest BCUT2D eigenvalue weighted by Gasteiger charge is 2.19. The predicted molar refractivity (Wildman–Crippen MR) is 56.6 cm³/mol. The van der Waals surface area contributed by atoms with Gasteiger partial charge in [0, 0.05) is 13.3 Å². The summed E-state index contributed by atoms with van der Waals surface area (Å²) in [6.45, 7) is 7.36. The molecule has 1 aliphatic carbocycles. The van der Waals surface area contributed by atoms with Crippen molar-refractivity contribution >= 4 is 5.97 Å². The van der Waals surface area contributed by atoms with E-state index >= 15 is 0 Å². The molecule has 1 rings (SSSR count). The lowest BCUT2D eigenvalue weighted by Crippen LogP contribution is -2.14. The predicted octanol–water partition coefficient (Wildman–Crippen LogP) is 3.06. The molecule has 0 amide bonds. The zero-order valence-corrected chi connectivity index (χ0v) is 8.95. The van der Waals surface area contributed by atoms with Crippen LogP contribution < -0.4 is 0 Å². The first kappa shape index (κ1) is 11.0. The Morgan fingerprint density at radius 2 is 2.36 bits per heavy atom. The molecule has 0 N–H and O–H groups in total. The molecular formula is C12H18O2. The lowest BCUT2D eigenvalue weighted by atomic mass is 9.83. The summed E-state index contributed by atoms with van der Waals surface area (Å²) in [4.78, 5) is 10.7. The summed E-state index contributed by atoms with van der Waals surface area (Å²) in [5.41, 5.74) is 0. The van der Waals surface area contributed by atoms with Gasteiger partial charge in [-0.05, 0) is 24.7 Å². The third-order valence-electron chi connectivity index (χ3n) is 2.67. The summed E-state index contributed by atoms with van der Waals surface area (Å²) in [6, 6.07) is 0. The van der Waals surface area contributed by atoms with E-state index in [-0.39, 0.29) is 5.97 Å². The number of esters is 1. The SMILES string of the molecule is C=C(C[C@H]1CCC=C[C@@H]1C)OC(C)=O. The van der Waals surface area contributed by atoms with Gasteiger partial charge in [-0.1, -0.05) is 25.7 Å². The van der Waals surface area contributed by atoms with Gasteiger partial charge in [0.1, 0.15) is 5.76 Å². The molecule has 0 aromatic carbocycles. The largest absolute Gasteiger partial charge is 0.432 e. The first-order chi connectivity index (χ1) is 6.59. The molecule has 0 aliphatic heterocycles. The smallest absolute Gasteiger partial charge is 0.307 e. The summed E-state index contributed by atoms with van der Waals surface area (Å²) >= 11 is 0. The Balaban J connectivity index is 2.39. The van der Waals surface area contributed by atoms with Crippen LogP contribution in [0, 0.1) is 11.8 Å². The number of carbonyl (C=O) groups excluding carboxylic acids is 1. The Hall–Kier alpha value is -1.05. The molecule has 0 aromatic rings. The molecule has 0 radical (unpaired) electrons. The fraction of sp³-hybridized carbons (Fsp3) is 0.583. The van der Waals surface area contributed by atoms with Crippen molar-refractivity contribution in [2.75, 3.05) is 0 Å². The summed E-state index contributed by atoms with van der Waals surface area (Å²) in [7, 11) is 0. The molecule has 0 fully saturated rings. The Morgan fingerprint density at radius 1 is 1.64 bits per heavy atom. The molecule has 0 unspecified atom stereocenters. The van der Waals surface area contributed by atoms with Crippen LogP contribution in [0.5, 0.6) is 0 Å². The molecule has 78 valence electrons. The maximum Gasteiger partial charge on any atom is 0.307 e. The monoisotopic (exact) mass is 194 g/mol. The average Bonchev–Trinajstić information content (AvgIpc) is 2.07. The highest BCUT2D eigenvalue weighted by molar-refractivity contribution is 5.67. The zero-order chi connectivity index (χ0) is 10.6. The van der Waals surface area contributed by atoms with E-state index in [0.717, 1.165) is 19.3 Å². The van der Waals surface area contributed by atoms with E-state index in [1.54, 1.807) is 0 Å². The lowest BCUT2D eigenvalue weighted by Gasteiger charge is -2.24. The van der Waals surface area contributed by atoms with Crippen molar-refractivity contribution in [1.29, 1.82) is 0 Å². The lowest BCUT2D eigenvalue weighted by molar-refractivity contribution is -0.137. The van der Waals surface area contributed by atoms with Crippen LogP contribution >= 0.6 is 0 Å². The molecule has 2 nitrogen and oxygen atoms in total. The Morgan fingerprint density at radius 3 is 2.93 bits per heavy atom. The second-order valence-corrected chi connectivity index (χ2v) is 3.96. The number of ether oxygens (including phenoxy) is 1. The van der Waals surface area contributed by atoms with Crippen molar-refractivity contribution in [3.63, 3.8) is 0 Å². The van der Waals surface area contributed by atoms with Crippen LogP contribution in [0.4, 0.5) is 0 Å². The van der Waals surface area contributed by atoms with Gasteiger partial charge in [0.25, 0.3) is 0 Å². The molecule has 0 aromatic heterocycles. The molecule has 0 saturated heterocycles. The fourth-order valence-corrected chi connectivity index (χ4v) is 1.87. The van der Waals surface area contributed by atoms with Gasteiger partial charge in [-0.25, -0.2) is 0 Å². The van der Waals surface area contributed by atoms with E-state index in [1.165, 1.54) is 6.92 Å². The van der Waals surface area contributed by atoms with E-state index in [2.05, 4.69) is 25.7 Å². The van der Waals surface area contributed by atoms with Crippen molar-refractivity contribution in [3.05, 3.63) is 24.5 Å². The molecule has 0 heterocycles. The number of carbonyl (C=O) groups is 1. The van der Waals surface area contributed by atoms with Crippen molar-refractivity contribution in [3.8, 4) is 0 Å². The van der Waals surface area contributed by atoms with Gasteiger partial charge in [-0.2, -0.15) is 0 Å². The fourth-order valence-electron chi connectivity index (χ4n) is 1.87. The second-order valence-electron chi connectivity index (χ2n) is 3.96. The van der Waals surface area contributed by atoms with Gasteiger partial charge >= 0.3 is 5.97 Å². The van der Waals surface area contributed by atoms with Gasteiger partial charge < -0.3 is 4.74 Å². The maximum absolute atomic E-state index is 10.7. The Bertz CT molecular complexity index is 253. The number of hydrogen-bond donors (Lipinski definition) is 0. The van der Waals surface area contributed by atoms with Crippen LogP contribution in [-0.4, -0.2) is 5.97 Å². The van der Waals surface area contributed by atoms with Gasteiger partial charge in [0.05, 0.1) is 0 Å². The van der Waals surface area contributed by atoms with Gasteiger partial charge in [0.2, 0.25) is 0 Å². The second kappa shape index (κ2) is 4.99. The number of allylic oxidation sites excluding steroid dienone is 3. The van der Waals surface area contributed by atoms with Crippen LogP contribution in [0.25, 0.3) is 0 Å². The van der Waals surface area contributed by atoms with Crippen molar-refractivity contribution in [2.24, 2.45) is 11.8 Å². The molecule has 1 aliphatic rings. The molecule has 2 heteroatoms. The first-order valence-corrected chi connectivity index (χ1v) is 5.12. The highest BCUT2D eigenvalue weighted by atomic mass is 16.5. The number of rotatable bonds is 3. The van der Waals surface area contributed by atoms with E-state index in [9.17, 15) is 4.79 Å². The van der Waals surface area contributed by atoms with Gasteiger partial charge in [-0.15, -0.1) is 0 Å². The Kier molecular flexibility index (Phi) is 3.93. The first-order valence-electron chi connectivity index (χ1n) is 5.12. The third-order valence-corrected chi connectivity index (χ3v) is 2.67. The van der Waals surface area contributed by atoms with Gasteiger partial charge in [-0.3, -0.25) is 4.79 Å². The third kappa shape index (κ3) is 3.36. The van der Waals surface area contributed by atoms with Crippen LogP contribution in [-0.2, 0) is 9.53 Å². The molecule has 0 saturated carbocycles. The Labute approximate surface area is 85.6 Å². The van der Waals surface area contributed by atoms with E-state index in [1.807, 2.05) is 0 Å². The van der Waals surface area contributed by atoms with Crippen LogP contribution in [0.15, 0.2) is 24.5 Å². The van der Waals surface area contributed by atoms with Crippen molar-refractivity contribution < 1.29 is 9.53 Å². The van der Waals surface area contributed by atoms with E-state index < -0.39 is 0 Å². The number of hydrogen-bond acceptors (Lipinski definition) is 2. The highest BCUT2D eigenvalue weighted by Crippen LogP contribution is 2.29. The molecule has 2 atom stereocenters. The van der Waals surface area contributed by atoms with Gasteiger partial charge in [0.15, 0.2) is 0 Å². The topological polar surface area (TPSA) is 26.3 Å². The average molecular weight is 194 g/mol. The minimum Gasteiger partial charge on any atom is -0.432 e. The van der Waals surface area contributed by atoms with E-state index in [4.69, 9.17) is 4.74 Å². The molecule has 0 spiro atoms. The molecule has 0 bridgehead atoms.